The van der Waals surface area contributed by atoms with Crippen molar-refractivity contribution < 1.29 is 0 Å². The molecule has 1 aliphatic rings. The van der Waals surface area contributed by atoms with E-state index in [-0.39, 0.29) is 0 Å². The maximum Gasteiger partial charge on any atom is 0.0304 e. The molecule has 1 atom stereocenters. The molecule has 1 aromatic carbocycles. The third-order valence-electron chi connectivity index (χ3n) is 5.18. The summed E-state index contributed by atoms with van der Waals surface area (Å²) in [6.07, 6.45) is 3.61. The van der Waals surface area contributed by atoms with Gasteiger partial charge in [-0.15, -0.1) is 0 Å². The van der Waals surface area contributed by atoms with Gasteiger partial charge in [-0.1, -0.05) is 38.1 Å². The second-order valence-corrected chi connectivity index (χ2v) is 6.36. The van der Waals surface area contributed by atoms with E-state index in [4.69, 9.17) is 0 Å². The molecule has 1 aromatic rings. The molecule has 20 heavy (non-hydrogen) atoms. The maximum atomic E-state index is 3.78. The summed E-state index contributed by atoms with van der Waals surface area (Å²) in [5.41, 5.74) is 3.25. The fourth-order valence-electron chi connectivity index (χ4n) is 3.27. The Bertz CT molecular complexity index is 423. The first-order chi connectivity index (χ1) is 9.60. The summed E-state index contributed by atoms with van der Waals surface area (Å²) in [6.45, 7) is 12.7. The zero-order valence-electron chi connectivity index (χ0n) is 13.6. The topological polar surface area (TPSA) is 15.3 Å². The van der Waals surface area contributed by atoms with Crippen molar-refractivity contribution in [2.24, 2.45) is 0 Å². The van der Waals surface area contributed by atoms with Crippen molar-refractivity contribution in [3.05, 3.63) is 35.4 Å². The summed E-state index contributed by atoms with van der Waals surface area (Å²) >= 11 is 0. The average molecular weight is 274 g/mol. The Morgan fingerprint density at radius 2 is 1.95 bits per heavy atom. The van der Waals surface area contributed by atoms with Gasteiger partial charge in [0.1, 0.15) is 0 Å². The third-order valence-corrected chi connectivity index (χ3v) is 5.18. The molecule has 1 N–H and O–H groups in total. The molecule has 1 saturated heterocycles. The summed E-state index contributed by atoms with van der Waals surface area (Å²) in [5.74, 6) is 0. The first-order valence-electron chi connectivity index (χ1n) is 8.14. The Morgan fingerprint density at radius 3 is 2.60 bits per heavy atom. The Balaban J connectivity index is 1.99. The van der Waals surface area contributed by atoms with Gasteiger partial charge in [-0.25, -0.2) is 0 Å². The van der Waals surface area contributed by atoms with Crippen molar-refractivity contribution in [2.45, 2.75) is 58.5 Å². The second-order valence-electron chi connectivity index (χ2n) is 6.36. The fraction of sp³-hybridized carbons (Fsp3) is 0.667. The normalized spacial score (nSPS) is 22.9. The van der Waals surface area contributed by atoms with E-state index in [2.05, 4.69) is 62.2 Å². The van der Waals surface area contributed by atoms with Gasteiger partial charge in [-0.3, -0.25) is 4.90 Å². The summed E-state index contributed by atoms with van der Waals surface area (Å²) in [4.78, 5) is 2.68. The van der Waals surface area contributed by atoms with Crippen LogP contribution in [-0.2, 0) is 6.42 Å². The predicted octanol–water partition coefficient (Wildman–Crippen LogP) is 3.39. The smallest absolute Gasteiger partial charge is 0.0304 e. The maximum absolute atomic E-state index is 3.78. The van der Waals surface area contributed by atoms with Crippen molar-refractivity contribution >= 4 is 0 Å². The lowest BCUT2D eigenvalue weighted by atomic mass is 9.88. The first kappa shape index (κ1) is 15.5. The lowest BCUT2D eigenvalue weighted by molar-refractivity contribution is 0.0819. The molecular weight excluding hydrogens is 244 g/mol. The Morgan fingerprint density at radius 1 is 1.25 bits per heavy atom. The van der Waals surface area contributed by atoms with E-state index in [1.807, 2.05) is 0 Å². The van der Waals surface area contributed by atoms with Crippen molar-refractivity contribution in [1.29, 1.82) is 0 Å². The number of hydrogen-bond donors (Lipinski definition) is 1. The molecule has 2 heteroatoms. The van der Waals surface area contributed by atoms with Gasteiger partial charge in [0.2, 0.25) is 0 Å². The molecular formula is C18H30N2. The third kappa shape index (κ3) is 3.42. The van der Waals surface area contributed by atoms with Gasteiger partial charge in [0, 0.05) is 31.2 Å². The largest absolute Gasteiger partial charge is 0.308 e. The lowest BCUT2D eigenvalue weighted by Crippen LogP contribution is -2.63. The summed E-state index contributed by atoms with van der Waals surface area (Å²) in [5, 5.41) is 3.78. The van der Waals surface area contributed by atoms with Crippen molar-refractivity contribution in [2.75, 3.05) is 19.6 Å². The summed E-state index contributed by atoms with van der Waals surface area (Å²) < 4.78 is 0. The van der Waals surface area contributed by atoms with Gasteiger partial charge < -0.3 is 5.32 Å². The number of benzene rings is 1. The molecule has 1 unspecified atom stereocenters. The van der Waals surface area contributed by atoms with E-state index in [0.717, 1.165) is 6.54 Å². The van der Waals surface area contributed by atoms with E-state index in [1.165, 1.54) is 43.5 Å². The molecule has 2 nitrogen and oxygen atoms in total. The quantitative estimate of drug-likeness (QED) is 0.885. The van der Waals surface area contributed by atoms with Crippen LogP contribution in [0.1, 0.15) is 44.7 Å². The van der Waals surface area contributed by atoms with Gasteiger partial charge in [-0.2, -0.15) is 0 Å². The van der Waals surface area contributed by atoms with E-state index in [1.54, 1.807) is 0 Å². The highest BCUT2D eigenvalue weighted by atomic mass is 15.2. The second kappa shape index (κ2) is 6.73. The predicted molar refractivity (Wildman–Crippen MR) is 87.2 cm³/mol. The SMILES string of the molecule is CCC1(CC)CN(CCc2ccccc2C)C(C)CN1. The molecule has 1 fully saturated rings. The number of piperazine rings is 1. The molecule has 0 spiro atoms. The lowest BCUT2D eigenvalue weighted by Gasteiger charge is -2.46. The minimum Gasteiger partial charge on any atom is -0.308 e. The average Bonchev–Trinajstić information content (AvgIpc) is 2.48. The molecule has 0 amide bonds. The van der Waals surface area contributed by atoms with Crippen molar-refractivity contribution in [1.82, 2.24) is 10.2 Å². The first-order valence-corrected chi connectivity index (χ1v) is 8.14. The molecule has 0 radical (unpaired) electrons. The van der Waals surface area contributed by atoms with E-state index < -0.39 is 0 Å². The molecule has 112 valence electrons. The van der Waals surface area contributed by atoms with E-state index in [9.17, 15) is 0 Å². The van der Waals surface area contributed by atoms with Crippen LogP contribution < -0.4 is 5.32 Å². The number of aryl methyl sites for hydroxylation is 1. The highest BCUT2D eigenvalue weighted by Crippen LogP contribution is 2.23. The number of nitrogens with zero attached hydrogens (tertiary/aromatic N) is 1. The van der Waals surface area contributed by atoms with Crippen LogP contribution in [0.4, 0.5) is 0 Å². The molecule has 0 aliphatic carbocycles. The number of nitrogens with one attached hydrogen (secondary N) is 1. The summed E-state index contributed by atoms with van der Waals surface area (Å²) in [7, 11) is 0. The Labute approximate surface area is 124 Å². The molecule has 2 rings (SSSR count). The fourth-order valence-corrected chi connectivity index (χ4v) is 3.27. The monoisotopic (exact) mass is 274 g/mol. The zero-order chi connectivity index (χ0) is 14.6. The van der Waals surface area contributed by atoms with Crippen LogP contribution in [0.3, 0.4) is 0 Å². The highest BCUT2D eigenvalue weighted by Gasteiger charge is 2.34. The summed E-state index contributed by atoms with van der Waals surface area (Å²) in [6, 6.07) is 9.43. The van der Waals surface area contributed by atoms with Gasteiger partial charge >= 0.3 is 0 Å². The number of rotatable bonds is 5. The van der Waals surface area contributed by atoms with Gasteiger partial charge in [0.15, 0.2) is 0 Å². The van der Waals surface area contributed by atoms with Crippen LogP contribution in [-0.4, -0.2) is 36.1 Å². The Kier molecular flexibility index (Phi) is 5.22. The van der Waals surface area contributed by atoms with Crippen molar-refractivity contribution in [3.63, 3.8) is 0 Å². The minimum atomic E-state index is 0.332. The molecule has 0 saturated carbocycles. The van der Waals surface area contributed by atoms with Crippen molar-refractivity contribution in [3.8, 4) is 0 Å². The molecule has 0 aromatic heterocycles. The van der Waals surface area contributed by atoms with Crippen LogP contribution in [0, 0.1) is 6.92 Å². The molecule has 0 bridgehead atoms. The molecule has 1 aliphatic heterocycles. The zero-order valence-corrected chi connectivity index (χ0v) is 13.6. The Hall–Kier alpha value is -0.860. The number of hydrogen-bond acceptors (Lipinski definition) is 2. The van der Waals surface area contributed by atoms with E-state index >= 15 is 0 Å². The van der Waals surface area contributed by atoms with Crippen LogP contribution in [0.2, 0.25) is 0 Å². The van der Waals surface area contributed by atoms with Crippen LogP contribution >= 0.6 is 0 Å². The van der Waals surface area contributed by atoms with Gasteiger partial charge in [0.05, 0.1) is 0 Å². The van der Waals surface area contributed by atoms with Crippen LogP contribution in [0.25, 0.3) is 0 Å². The van der Waals surface area contributed by atoms with Gasteiger partial charge in [-0.05, 0) is 44.2 Å². The highest BCUT2D eigenvalue weighted by molar-refractivity contribution is 5.25. The van der Waals surface area contributed by atoms with E-state index in [0.29, 0.717) is 11.6 Å². The van der Waals surface area contributed by atoms with Crippen LogP contribution in [0.15, 0.2) is 24.3 Å². The molecule has 1 heterocycles. The van der Waals surface area contributed by atoms with Crippen LogP contribution in [0.5, 0.6) is 0 Å². The minimum absolute atomic E-state index is 0.332. The standard InChI is InChI=1S/C18H30N2/c1-5-18(6-2)14-20(16(4)13-19-18)12-11-17-10-8-7-9-15(17)3/h7-10,16,19H,5-6,11-14H2,1-4H3. The van der Waals surface area contributed by atoms with Gasteiger partial charge in [0.25, 0.3) is 0 Å².